The van der Waals surface area contributed by atoms with Gasteiger partial charge in [0.2, 0.25) is 17.7 Å². The van der Waals surface area contributed by atoms with Crippen molar-refractivity contribution in [1.82, 2.24) is 16.0 Å². The van der Waals surface area contributed by atoms with Gasteiger partial charge in [-0.15, -0.1) is 0 Å². The van der Waals surface area contributed by atoms with Crippen LogP contribution in [0.3, 0.4) is 0 Å². The Morgan fingerprint density at radius 1 is 0.500 bits per heavy atom. The van der Waals surface area contributed by atoms with Gasteiger partial charge in [-0.05, 0) is 45.4 Å². The van der Waals surface area contributed by atoms with Crippen molar-refractivity contribution in [2.24, 2.45) is 5.92 Å². The van der Waals surface area contributed by atoms with Crippen molar-refractivity contribution in [1.29, 1.82) is 0 Å². The van der Waals surface area contributed by atoms with Gasteiger partial charge in [0.1, 0.15) is 30.8 Å². The van der Waals surface area contributed by atoms with Crippen molar-refractivity contribution in [3.05, 3.63) is 0 Å². The van der Waals surface area contributed by atoms with E-state index in [2.05, 4.69) is 16.0 Å². The number of carbonyl (C=O) groups excluding carboxylic acids is 5. The lowest BCUT2D eigenvalue weighted by Crippen LogP contribution is -2.41. The zero-order valence-electron chi connectivity index (χ0n) is 34.0. The Morgan fingerprint density at radius 3 is 1.57 bits per heavy atom. The smallest absolute Gasteiger partial charge is 0.326 e. The van der Waals surface area contributed by atoms with Gasteiger partial charge in [0.15, 0.2) is 0 Å². The molecule has 0 saturated carbocycles. The zero-order valence-corrected chi connectivity index (χ0v) is 34.0. The molecule has 0 rings (SSSR count). The standard InChI is InChI=1S/C40H71N3O13/c1-32(33(2)44)16-13-14-22-41-37(47)30-56-29-27-54-25-23-42-38(48)31-55-28-26-53-24-15-17-34(45)20-21-35(40(51)52)43-36(46)18-11-9-7-5-3-4-6-8-10-12-19-39(49)50/h32,35H,3-31H2,1-2H3,(H,41,47)(H,42,48)(H,43,46)(H,49,50)(H,51,52)/t32-,35-/m0/s1. The SMILES string of the molecule is CC(=O)[C@@H](C)CCCCNC(=O)COCCOCCNC(=O)COCCOCCCC(=O)CC[C@H](NC(=O)CCCCCCCCCCCCC(=O)O)C(=O)O. The van der Waals surface area contributed by atoms with E-state index < -0.39 is 18.0 Å². The van der Waals surface area contributed by atoms with Gasteiger partial charge in [0, 0.05) is 51.3 Å². The Labute approximate surface area is 333 Å². The van der Waals surface area contributed by atoms with E-state index in [9.17, 15) is 38.7 Å². The second kappa shape index (κ2) is 37.1. The van der Waals surface area contributed by atoms with E-state index in [4.69, 9.17) is 24.1 Å². The molecule has 0 unspecified atom stereocenters. The Hall–Kier alpha value is -3.47. The third kappa shape index (κ3) is 36.2. The first-order chi connectivity index (χ1) is 26.9. The maximum atomic E-state index is 12.3. The number of rotatable bonds is 41. The number of unbranched alkanes of at least 4 members (excludes halogenated alkanes) is 10. The van der Waals surface area contributed by atoms with E-state index in [1.54, 1.807) is 6.92 Å². The van der Waals surface area contributed by atoms with Crippen LogP contribution in [0.5, 0.6) is 0 Å². The molecule has 56 heavy (non-hydrogen) atoms. The predicted molar refractivity (Wildman–Crippen MR) is 209 cm³/mol. The van der Waals surface area contributed by atoms with Crippen molar-refractivity contribution in [3.63, 3.8) is 0 Å². The molecule has 2 atom stereocenters. The molecule has 0 aliphatic heterocycles. The largest absolute Gasteiger partial charge is 0.481 e. The lowest BCUT2D eigenvalue weighted by Gasteiger charge is -2.14. The molecular weight excluding hydrogens is 730 g/mol. The summed E-state index contributed by atoms with van der Waals surface area (Å²) in [6.45, 7) is 5.66. The number of carboxylic acids is 2. The quantitative estimate of drug-likeness (QED) is 0.0548. The number of aliphatic carboxylic acids is 2. The maximum absolute atomic E-state index is 12.3. The topological polar surface area (TPSA) is 233 Å². The highest BCUT2D eigenvalue weighted by Gasteiger charge is 2.20. The average Bonchev–Trinajstić information content (AvgIpc) is 3.15. The minimum Gasteiger partial charge on any atom is -0.481 e. The summed E-state index contributed by atoms with van der Waals surface area (Å²) in [6.07, 6.45) is 13.4. The van der Waals surface area contributed by atoms with E-state index in [0.717, 1.165) is 77.0 Å². The second-order valence-corrected chi connectivity index (χ2v) is 14.1. The number of hydrogen-bond donors (Lipinski definition) is 5. The van der Waals surface area contributed by atoms with E-state index in [-0.39, 0.29) is 114 Å². The van der Waals surface area contributed by atoms with Gasteiger partial charge in [-0.3, -0.25) is 28.8 Å². The molecule has 324 valence electrons. The van der Waals surface area contributed by atoms with Gasteiger partial charge in [0.05, 0.1) is 33.0 Å². The molecule has 0 spiro atoms. The molecule has 0 aliphatic rings. The lowest BCUT2D eigenvalue weighted by molar-refractivity contribution is -0.142. The minimum atomic E-state index is -1.17. The summed E-state index contributed by atoms with van der Waals surface area (Å²) in [4.78, 5) is 81.5. The highest BCUT2D eigenvalue weighted by molar-refractivity contribution is 5.84. The van der Waals surface area contributed by atoms with E-state index in [1.165, 1.54) is 0 Å². The van der Waals surface area contributed by atoms with Crippen LogP contribution in [0.15, 0.2) is 0 Å². The summed E-state index contributed by atoms with van der Waals surface area (Å²) >= 11 is 0. The monoisotopic (exact) mass is 801 g/mol. The van der Waals surface area contributed by atoms with Crippen LogP contribution in [0.25, 0.3) is 0 Å². The summed E-state index contributed by atoms with van der Waals surface area (Å²) in [7, 11) is 0. The molecule has 0 radical (unpaired) electrons. The lowest BCUT2D eigenvalue weighted by atomic mass is 10.0. The molecular formula is C40H71N3O13. The summed E-state index contributed by atoms with van der Waals surface area (Å²) < 4.78 is 21.4. The van der Waals surface area contributed by atoms with Crippen LogP contribution in [0.2, 0.25) is 0 Å². The molecule has 0 heterocycles. The fraction of sp³-hybridized carbons (Fsp3) is 0.825. The average molecular weight is 802 g/mol. The summed E-state index contributed by atoms with van der Waals surface area (Å²) in [5.74, 6) is -2.63. The fourth-order valence-corrected chi connectivity index (χ4v) is 5.44. The third-order valence-corrected chi connectivity index (χ3v) is 8.99. The van der Waals surface area contributed by atoms with E-state index >= 15 is 0 Å². The number of carbonyl (C=O) groups is 7. The Kier molecular flexibility index (Phi) is 34.8. The molecule has 0 bridgehead atoms. The molecule has 0 aromatic carbocycles. The molecule has 0 saturated heterocycles. The van der Waals surface area contributed by atoms with Crippen LogP contribution in [0.4, 0.5) is 0 Å². The highest BCUT2D eigenvalue weighted by atomic mass is 16.5. The Balaban J connectivity index is 3.66. The second-order valence-electron chi connectivity index (χ2n) is 14.1. The molecule has 0 fully saturated rings. The first-order valence-corrected chi connectivity index (χ1v) is 20.5. The number of ether oxygens (including phenoxy) is 4. The normalized spacial score (nSPS) is 12.1. The molecule has 16 heteroatoms. The van der Waals surface area contributed by atoms with Crippen molar-refractivity contribution in [3.8, 4) is 0 Å². The Morgan fingerprint density at radius 2 is 1.02 bits per heavy atom. The summed E-state index contributed by atoms with van der Waals surface area (Å²) in [6, 6.07) is -1.11. The zero-order chi connectivity index (χ0) is 41.7. The number of Topliss-reactive ketones (excluding diaryl/α,β-unsaturated/α-hetero) is 2. The van der Waals surface area contributed by atoms with Crippen LogP contribution < -0.4 is 16.0 Å². The predicted octanol–water partition coefficient (Wildman–Crippen LogP) is 4.15. The number of carboxylic acid groups (broad SMARTS) is 2. The van der Waals surface area contributed by atoms with Crippen molar-refractivity contribution < 1.29 is 62.7 Å². The van der Waals surface area contributed by atoms with Crippen LogP contribution in [-0.4, -0.2) is 123 Å². The number of nitrogens with one attached hydrogen (secondary N) is 3. The van der Waals surface area contributed by atoms with Gasteiger partial charge in [-0.1, -0.05) is 64.7 Å². The van der Waals surface area contributed by atoms with Crippen LogP contribution in [0.1, 0.15) is 136 Å². The minimum absolute atomic E-state index is 0.0276. The summed E-state index contributed by atoms with van der Waals surface area (Å²) in [5.41, 5.74) is 0. The van der Waals surface area contributed by atoms with E-state index in [0.29, 0.717) is 32.5 Å². The molecule has 0 aliphatic carbocycles. The van der Waals surface area contributed by atoms with Gasteiger partial charge in [-0.25, -0.2) is 4.79 Å². The first-order valence-electron chi connectivity index (χ1n) is 20.5. The van der Waals surface area contributed by atoms with E-state index in [1.807, 2.05) is 6.92 Å². The van der Waals surface area contributed by atoms with Crippen molar-refractivity contribution >= 4 is 41.2 Å². The molecule has 16 nitrogen and oxygen atoms in total. The number of ketones is 2. The molecule has 5 N–H and O–H groups in total. The number of amides is 3. The first kappa shape index (κ1) is 52.5. The summed E-state index contributed by atoms with van der Waals surface area (Å²) in [5, 5.41) is 26.1. The van der Waals surface area contributed by atoms with Crippen LogP contribution in [0, 0.1) is 5.92 Å². The number of hydrogen-bond acceptors (Lipinski definition) is 11. The van der Waals surface area contributed by atoms with Crippen molar-refractivity contribution in [2.75, 3.05) is 65.9 Å². The van der Waals surface area contributed by atoms with Crippen LogP contribution in [-0.2, 0) is 52.5 Å². The third-order valence-electron chi connectivity index (χ3n) is 8.99. The molecule has 3 amide bonds. The van der Waals surface area contributed by atoms with Crippen LogP contribution >= 0.6 is 0 Å². The van der Waals surface area contributed by atoms with Crippen molar-refractivity contribution in [2.45, 2.75) is 142 Å². The molecule has 0 aromatic heterocycles. The maximum Gasteiger partial charge on any atom is 0.326 e. The molecule has 0 aromatic rings. The van der Waals surface area contributed by atoms with Gasteiger partial charge < -0.3 is 45.1 Å². The highest BCUT2D eigenvalue weighted by Crippen LogP contribution is 2.13. The fourth-order valence-electron chi connectivity index (χ4n) is 5.44. The van der Waals surface area contributed by atoms with Gasteiger partial charge >= 0.3 is 11.9 Å². The van der Waals surface area contributed by atoms with Gasteiger partial charge in [-0.2, -0.15) is 0 Å². The van der Waals surface area contributed by atoms with Gasteiger partial charge in [0.25, 0.3) is 0 Å². The Bertz CT molecular complexity index is 1110.